The standard InChI is InChI=1S/C27H23N9O9S3/c1-10-4-15(36-27(31-10)29-9-30-36)46-6-12-7-47-23-17(22(40)35(23)18(12)25(43)44)33-21(39)16(14-8-48-26(28)32-14)34-45-5-11-2-3-13(24(41)42)20(38)19(11)37/h2-4,8-9,17,23,37-38H,5-7H2,1H3,(H2,28,32)(H,33,39)(H,41,42)(H,43,44)/t17-,23-/m1/s1. The van der Waals surface area contributed by atoms with Gasteiger partial charge in [-0.1, -0.05) is 11.2 Å². The first-order chi connectivity index (χ1) is 22.9. The van der Waals surface area contributed by atoms with E-state index in [4.69, 9.17) is 15.7 Å². The van der Waals surface area contributed by atoms with Crippen LogP contribution in [0.2, 0.25) is 0 Å². The lowest BCUT2D eigenvalue weighted by Crippen LogP contribution is -2.71. The number of oxime groups is 1. The number of nitrogens with zero attached hydrogens (tertiary/aromatic N) is 7. The molecule has 1 saturated heterocycles. The van der Waals surface area contributed by atoms with Gasteiger partial charge in [0, 0.05) is 28.1 Å². The van der Waals surface area contributed by atoms with Crippen LogP contribution in [0.3, 0.4) is 0 Å². The van der Waals surface area contributed by atoms with Gasteiger partial charge in [0.25, 0.3) is 17.6 Å². The fourth-order valence-corrected chi connectivity index (χ4v) is 7.93. The number of aryl methyl sites for hydroxylation is 1. The van der Waals surface area contributed by atoms with Crippen LogP contribution in [0.25, 0.3) is 5.78 Å². The molecular weight excluding hydrogens is 691 g/mol. The molecule has 0 radical (unpaired) electrons. The number of aromatic nitrogens is 5. The number of carbonyl (C=O) groups excluding carboxylic acids is 2. The summed E-state index contributed by atoms with van der Waals surface area (Å²) in [5, 5.41) is 51.5. The lowest BCUT2D eigenvalue weighted by Gasteiger charge is -2.49. The van der Waals surface area contributed by atoms with Crippen molar-refractivity contribution in [2.45, 2.75) is 30.0 Å². The number of benzene rings is 1. The van der Waals surface area contributed by atoms with Gasteiger partial charge in [0.1, 0.15) is 46.3 Å². The second-order valence-electron chi connectivity index (χ2n) is 10.2. The number of carboxylic acids is 2. The van der Waals surface area contributed by atoms with Gasteiger partial charge in [-0.25, -0.2) is 19.6 Å². The molecule has 3 aromatic heterocycles. The molecule has 48 heavy (non-hydrogen) atoms. The highest BCUT2D eigenvalue weighted by atomic mass is 32.2. The lowest BCUT2D eigenvalue weighted by atomic mass is 10.0. The highest BCUT2D eigenvalue weighted by Gasteiger charge is 2.54. The van der Waals surface area contributed by atoms with Crippen molar-refractivity contribution in [1.29, 1.82) is 0 Å². The summed E-state index contributed by atoms with van der Waals surface area (Å²) in [7, 11) is 0. The van der Waals surface area contributed by atoms with Crippen molar-refractivity contribution in [3.05, 3.63) is 63.7 Å². The third-order valence-corrected chi connectivity index (χ3v) is 10.2. The van der Waals surface area contributed by atoms with Crippen molar-refractivity contribution in [2.24, 2.45) is 5.16 Å². The fraction of sp³-hybridized carbons (Fsp3) is 0.222. The number of aromatic carboxylic acids is 1. The zero-order valence-electron chi connectivity index (χ0n) is 24.4. The van der Waals surface area contributed by atoms with Crippen LogP contribution in [0.4, 0.5) is 5.13 Å². The summed E-state index contributed by atoms with van der Waals surface area (Å²) < 4.78 is 1.54. The minimum absolute atomic E-state index is 0.0153. The van der Waals surface area contributed by atoms with Crippen LogP contribution in [-0.2, 0) is 25.8 Å². The van der Waals surface area contributed by atoms with E-state index in [1.165, 1.54) is 45.8 Å². The number of nitrogens with two attached hydrogens (primary N) is 1. The molecule has 21 heteroatoms. The molecule has 6 rings (SSSR count). The van der Waals surface area contributed by atoms with Crippen molar-refractivity contribution in [3.8, 4) is 11.5 Å². The number of hydrogen-bond donors (Lipinski definition) is 6. The van der Waals surface area contributed by atoms with Gasteiger partial charge in [-0.15, -0.1) is 34.9 Å². The number of hydrogen-bond acceptors (Lipinski definition) is 16. The van der Waals surface area contributed by atoms with Crippen LogP contribution < -0.4 is 11.1 Å². The Labute approximate surface area is 281 Å². The van der Waals surface area contributed by atoms with Crippen LogP contribution >= 0.6 is 34.9 Å². The summed E-state index contributed by atoms with van der Waals surface area (Å²) >= 11 is 3.62. The molecule has 1 aromatic carbocycles. The number of nitrogens with one attached hydrogen (secondary N) is 1. The second-order valence-corrected chi connectivity index (χ2v) is 13.2. The number of β-lactam (4-membered cyclic amide) rings is 1. The number of phenols is 2. The maximum atomic E-state index is 13.4. The van der Waals surface area contributed by atoms with E-state index in [1.54, 1.807) is 13.0 Å². The predicted octanol–water partition coefficient (Wildman–Crippen LogP) is 1.03. The minimum atomic E-state index is -1.46. The summed E-state index contributed by atoms with van der Waals surface area (Å²) in [6, 6.07) is 2.95. The number of nitrogen functional groups attached to an aromatic ring is 1. The molecule has 4 aromatic rings. The zero-order valence-corrected chi connectivity index (χ0v) is 26.9. The van der Waals surface area contributed by atoms with E-state index >= 15 is 0 Å². The van der Waals surface area contributed by atoms with Gasteiger partial charge in [-0.3, -0.25) is 14.5 Å². The molecule has 2 atom stereocenters. The van der Waals surface area contributed by atoms with Crippen molar-refractivity contribution >= 4 is 75.2 Å². The maximum absolute atomic E-state index is 13.4. The van der Waals surface area contributed by atoms with E-state index in [1.807, 2.05) is 0 Å². The molecule has 18 nitrogen and oxygen atoms in total. The normalized spacial score (nSPS) is 17.6. The van der Waals surface area contributed by atoms with Crippen molar-refractivity contribution in [2.75, 3.05) is 17.2 Å². The summed E-state index contributed by atoms with van der Waals surface area (Å²) in [6.45, 7) is 1.32. The third-order valence-electron chi connectivity index (χ3n) is 7.10. The number of fused-ring (bicyclic) bond motifs is 2. The molecule has 248 valence electrons. The van der Waals surface area contributed by atoms with Crippen LogP contribution in [0, 0.1) is 6.92 Å². The van der Waals surface area contributed by atoms with Crippen LogP contribution in [0.1, 0.15) is 27.3 Å². The SMILES string of the molecule is Cc1cc(SCC2=C(C(=O)O)N3C(=O)[C@@H](NC(=O)C(=NOCc4ccc(C(=O)O)c(O)c4O)c4csc(N)n4)[C@H]3SC2)n2ncnc2n1. The molecule has 2 amide bonds. The van der Waals surface area contributed by atoms with E-state index in [0.29, 0.717) is 22.1 Å². The number of anilines is 1. The van der Waals surface area contributed by atoms with Crippen molar-refractivity contribution in [1.82, 2.24) is 34.8 Å². The highest BCUT2D eigenvalue weighted by molar-refractivity contribution is 8.01. The van der Waals surface area contributed by atoms with E-state index in [2.05, 4.69) is 30.5 Å². The first-order valence-electron chi connectivity index (χ1n) is 13.6. The first kappa shape index (κ1) is 32.5. The molecule has 1 fully saturated rings. The summed E-state index contributed by atoms with van der Waals surface area (Å²) in [4.78, 5) is 69.2. The summed E-state index contributed by atoms with van der Waals surface area (Å²) in [5.74, 6) is -4.96. The number of carbonyl (C=O) groups is 4. The Morgan fingerprint density at radius 2 is 1.98 bits per heavy atom. The van der Waals surface area contributed by atoms with Crippen molar-refractivity contribution in [3.63, 3.8) is 0 Å². The Morgan fingerprint density at radius 1 is 1.19 bits per heavy atom. The Hall–Kier alpha value is -5.41. The first-order valence-corrected chi connectivity index (χ1v) is 16.6. The molecule has 7 N–H and O–H groups in total. The Kier molecular flexibility index (Phi) is 8.81. The number of amides is 2. The minimum Gasteiger partial charge on any atom is -0.504 e. The largest absolute Gasteiger partial charge is 0.504 e. The molecule has 5 heterocycles. The van der Waals surface area contributed by atoms with Crippen LogP contribution in [0.15, 0.2) is 51.4 Å². The Bertz CT molecular complexity index is 2060. The van der Waals surface area contributed by atoms with E-state index in [-0.39, 0.29) is 39.3 Å². The van der Waals surface area contributed by atoms with Gasteiger partial charge < -0.3 is 36.3 Å². The average molecular weight is 714 g/mol. The number of thiazole rings is 1. The quantitative estimate of drug-likeness (QED) is 0.0316. The summed E-state index contributed by atoms with van der Waals surface area (Å²) in [5.41, 5.74) is 5.87. The number of aliphatic carboxylic acids is 1. The smallest absolute Gasteiger partial charge is 0.352 e. The Morgan fingerprint density at radius 3 is 2.69 bits per heavy atom. The van der Waals surface area contributed by atoms with E-state index < -0.39 is 58.8 Å². The topological polar surface area (TPSA) is 268 Å². The summed E-state index contributed by atoms with van der Waals surface area (Å²) in [6.07, 6.45) is 1.37. The number of thioether (sulfide) groups is 2. The fourth-order valence-electron chi connectivity index (χ4n) is 4.84. The van der Waals surface area contributed by atoms with Crippen LogP contribution in [0.5, 0.6) is 11.5 Å². The molecule has 0 unspecified atom stereocenters. The number of phenolic OH excluding ortho intramolecular Hbond substituents is 1. The van der Waals surface area contributed by atoms with Crippen molar-refractivity contribution < 1.29 is 44.4 Å². The molecular formula is C27H23N9O9S3. The molecule has 2 aliphatic heterocycles. The number of rotatable bonds is 11. The zero-order chi connectivity index (χ0) is 34.3. The van der Waals surface area contributed by atoms with Gasteiger partial charge in [0.05, 0.1) is 0 Å². The molecule has 0 saturated carbocycles. The average Bonchev–Trinajstić information content (AvgIpc) is 3.70. The molecule has 0 bridgehead atoms. The maximum Gasteiger partial charge on any atom is 0.352 e. The monoisotopic (exact) mass is 713 g/mol. The predicted molar refractivity (Wildman–Crippen MR) is 171 cm³/mol. The van der Waals surface area contributed by atoms with Gasteiger partial charge in [0.15, 0.2) is 22.3 Å². The lowest BCUT2D eigenvalue weighted by molar-refractivity contribution is -0.150. The molecule has 0 spiro atoms. The van der Waals surface area contributed by atoms with E-state index in [9.17, 15) is 34.5 Å². The Balaban J connectivity index is 1.18. The van der Waals surface area contributed by atoms with Gasteiger partial charge >= 0.3 is 11.9 Å². The van der Waals surface area contributed by atoms with E-state index in [0.717, 1.165) is 22.3 Å². The number of aromatic hydroxyl groups is 2. The molecule has 0 aliphatic carbocycles. The third kappa shape index (κ3) is 6.04. The van der Waals surface area contributed by atoms with Gasteiger partial charge in [-0.05, 0) is 24.6 Å². The van der Waals surface area contributed by atoms with Gasteiger partial charge in [0.2, 0.25) is 0 Å². The van der Waals surface area contributed by atoms with Crippen LogP contribution in [-0.4, -0.2) is 102 Å². The number of carboxylic acid groups (broad SMARTS) is 2. The highest BCUT2D eigenvalue weighted by Crippen LogP contribution is 2.42. The second kappa shape index (κ2) is 13.0. The molecule has 2 aliphatic rings. The van der Waals surface area contributed by atoms with Gasteiger partial charge in [-0.2, -0.15) is 14.6 Å².